The number of unbranched alkanes of at least 4 members (excludes halogenated alkanes) is 2. The zero-order valence-corrected chi connectivity index (χ0v) is 19.4. The molecule has 0 bridgehead atoms. The highest BCUT2D eigenvalue weighted by molar-refractivity contribution is 5.39. The van der Waals surface area contributed by atoms with Gasteiger partial charge in [0.2, 0.25) is 0 Å². The minimum Gasteiger partial charge on any atom is -0.0988 e. The van der Waals surface area contributed by atoms with Crippen molar-refractivity contribution in [3.8, 4) is 0 Å². The van der Waals surface area contributed by atoms with Crippen LogP contribution in [0.15, 0.2) is 42.5 Å². The van der Waals surface area contributed by atoms with Gasteiger partial charge in [0.25, 0.3) is 0 Å². The van der Waals surface area contributed by atoms with Crippen molar-refractivity contribution in [2.45, 2.75) is 104 Å². The lowest BCUT2D eigenvalue weighted by atomic mass is 9.76. The predicted molar refractivity (Wildman–Crippen MR) is 129 cm³/mol. The van der Waals surface area contributed by atoms with Crippen molar-refractivity contribution in [2.24, 2.45) is 17.8 Å². The van der Waals surface area contributed by atoms with Gasteiger partial charge in [-0.05, 0) is 110 Å². The molecule has 0 amide bonds. The summed E-state index contributed by atoms with van der Waals surface area (Å²) in [7, 11) is 0. The molecule has 0 atom stereocenters. The fourth-order valence-corrected chi connectivity index (χ4v) is 5.22. The first-order valence-corrected chi connectivity index (χ1v) is 12.5. The minimum atomic E-state index is 0.857. The first-order chi connectivity index (χ1) is 14.1. The van der Waals surface area contributed by atoms with E-state index >= 15 is 0 Å². The van der Waals surface area contributed by atoms with Crippen molar-refractivity contribution in [3.05, 3.63) is 59.2 Å². The van der Waals surface area contributed by atoms with Crippen molar-refractivity contribution in [3.63, 3.8) is 0 Å². The SMILES string of the molecule is C=C/C(=C\CC1CCC(C(C)C)CC1)Cc1ccc(C2CC2)c(CCCCC)c1. The third-order valence-electron chi connectivity index (χ3n) is 7.49. The predicted octanol–water partition coefficient (Wildman–Crippen LogP) is 8.80. The van der Waals surface area contributed by atoms with Crippen LogP contribution in [0.4, 0.5) is 0 Å². The smallest absolute Gasteiger partial charge is 0.00290 e. The van der Waals surface area contributed by atoms with E-state index < -0.39 is 0 Å². The number of hydrogen-bond acceptors (Lipinski definition) is 0. The molecule has 1 aromatic rings. The lowest BCUT2D eigenvalue weighted by molar-refractivity contribution is 0.225. The van der Waals surface area contributed by atoms with Crippen LogP contribution in [0.2, 0.25) is 0 Å². The van der Waals surface area contributed by atoms with E-state index in [4.69, 9.17) is 0 Å². The molecule has 0 unspecified atom stereocenters. The summed E-state index contributed by atoms with van der Waals surface area (Å²) in [6, 6.07) is 7.36. The van der Waals surface area contributed by atoms with Crippen molar-refractivity contribution >= 4 is 0 Å². The molecule has 0 saturated heterocycles. The molecule has 0 spiro atoms. The van der Waals surface area contributed by atoms with Gasteiger partial charge in [0.15, 0.2) is 0 Å². The average molecular weight is 393 g/mol. The van der Waals surface area contributed by atoms with E-state index in [1.807, 2.05) is 0 Å². The molecular weight excluding hydrogens is 348 g/mol. The van der Waals surface area contributed by atoms with E-state index in [0.717, 1.165) is 30.1 Å². The maximum Gasteiger partial charge on any atom is -0.00290 e. The van der Waals surface area contributed by atoms with Gasteiger partial charge in [-0.3, -0.25) is 0 Å². The average Bonchev–Trinajstić information content (AvgIpc) is 3.57. The van der Waals surface area contributed by atoms with Crippen molar-refractivity contribution in [2.75, 3.05) is 0 Å². The van der Waals surface area contributed by atoms with Crippen LogP contribution in [0, 0.1) is 17.8 Å². The molecule has 2 aliphatic rings. The van der Waals surface area contributed by atoms with Gasteiger partial charge < -0.3 is 0 Å². The molecule has 160 valence electrons. The van der Waals surface area contributed by atoms with E-state index in [9.17, 15) is 0 Å². The topological polar surface area (TPSA) is 0 Å². The molecule has 0 heteroatoms. The quantitative estimate of drug-likeness (QED) is 0.261. The molecule has 0 heterocycles. The number of aryl methyl sites for hydroxylation is 1. The fraction of sp³-hybridized carbons (Fsp3) is 0.655. The highest BCUT2D eigenvalue weighted by Crippen LogP contribution is 2.42. The Labute approximate surface area is 180 Å². The molecule has 0 N–H and O–H groups in total. The van der Waals surface area contributed by atoms with Crippen LogP contribution in [0.3, 0.4) is 0 Å². The summed E-state index contributed by atoms with van der Waals surface area (Å²) in [5.41, 5.74) is 6.19. The Morgan fingerprint density at radius 1 is 1.07 bits per heavy atom. The van der Waals surface area contributed by atoms with Crippen LogP contribution in [-0.2, 0) is 12.8 Å². The normalized spacial score (nSPS) is 22.8. The summed E-state index contributed by atoms with van der Waals surface area (Å²) in [5.74, 6) is 3.57. The molecule has 2 saturated carbocycles. The van der Waals surface area contributed by atoms with E-state index in [1.54, 1.807) is 11.1 Å². The Balaban J connectivity index is 1.58. The summed E-state index contributed by atoms with van der Waals surface area (Å²) >= 11 is 0. The molecule has 3 rings (SSSR count). The van der Waals surface area contributed by atoms with E-state index in [2.05, 4.69) is 57.7 Å². The van der Waals surface area contributed by atoms with Gasteiger partial charge in [-0.15, -0.1) is 0 Å². The van der Waals surface area contributed by atoms with Gasteiger partial charge in [0.1, 0.15) is 0 Å². The highest BCUT2D eigenvalue weighted by Gasteiger charge is 2.26. The zero-order valence-electron chi connectivity index (χ0n) is 19.4. The molecular formula is C29H44. The molecule has 1 aromatic carbocycles. The van der Waals surface area contributed by atoms with Crippen LogP contribution in [0.25, 0.3) is 0 Å². The number of rotatable bonds is 11. The number of allylic oxidation sites excluding steroid dienone is 3. The lowest BCUT2D eigenvalue weighted by Gasteiger charge is -2.30. The van der Waals surface area contributed by atoms with Crippen LogP contribution < -0.4 is 0 Å². The first kappa shape index (κ1) is 22.4. The largest absolute Gasteiger partial charge is 0.0988 e. The third-order valence-corrected chi connectivity index (χ3v) is 7.49. The summed E-state index contributed by atoms with van der Waals surface area (Å²) in [6.45, 7) is 11.2. The second kappa shape index (κ2) is 11.2. The van der Waals surface area contributed by atoms with Crippen LogP contribution >= 0.6 is 0 Å². The molecule has 29 heavy (non-hydrogen) atoms. The standard InChI is InChI=1S/C29H44/c1-5-7-8-9-28-21-25(14-19-29(28)27-17-18-27)20-23(6-2)10-11-24-12-15-26(16-13-24)22(3)4/h6,10,14,19,21-22,24,26-27H,2,5,7-9,11-13,15-18,20H2,1,3-4H3/b23-10+. The summed E-state index contributed by atoms with van der Waals surface area (Å²) in [6.07, 6.45) is 20.7. The van der Waals surface area contributed by atoms with E-state index in [0.29, 0.717) is 0 Å². The maximum absolute atomic E-state index is 4.13. The molecule has 0 radical (unpaired) electrons. The monoisotopic (exact) mass is 392 g/mol. The van der Waals surface area contributed by atoms with Gasteiger partial charge in [-0.2, -0.15) is 0 Å². The van der Waals surface area contributed by atoms with Crippen LogP contribution in [0.1, 0.15) is 108 Å². The molecule has 2 aliphatic carbocycles. The minimum absolute atomic E-state index is 0.857. The van der Waals surface area contributed by atoms with Gasteiger partial charge in [0, 0.05) is 0 Å². The second-order valence-corrected chi connectivity index (χ2v) is 10.2. The number of benzene rings is 1. The van der Waals surface area contributed by atoms with Crippen LogP contribution in [-0.4, -0.2) is 0 Å². The van der Waals surface area contributed by atoms with Crippen LogP contribution in [0.5, 0.6) is 0 Å². The first-order valence-electron chi connectivity index (χ1n) is 12.5. The lowest BCUT2D eigenvalue weighted by Crippen LogP contribution is -2.18. The summed E-state index contributed by atoms with van der Waals surface area (Å²) in [4.78, 5) is 0. The molecule has 2 fully saturated rings. The molecule has 0 aliphatic heterocycles. The molecule has 0 aromatic heterocycles. The van der Waals surface area contributed by atoms with Crippen molar-refractivity contribution < 1.29 is 0 Å². The van der Waals surface area contributed by atoms with E-state index in [1.165, 1.54) is 81.8 Å². The zero-order chi connectivity index (χ0) is 20.6. The Morgan fingerprint density at radius 3 is 2.45 bits per heavy atom. The van der Waals surface area contributed by atoms with E-state index in [-0.39, 0.29) is 0 Å². The fourth-order valence-electron chi connectivity index (χ4n) is 5.22. The van der Waals surface area contributed by atoms with Gasteiger partial charge in [-0.25, -0.2) is 0 Å². The van der Waals surface area contributed by atoms with Crippen molar-refractivity contribution in [1.29, 1.82) is 0 Å². The third kappa shape index (κ3) is 6.87. The highest BCUT2D eigenvalue weighted by atomic mass is 14.3. The summed E-state index contributed by atoms with van der Waals surface area (Å²) in [5, 5.41) is 0. The number of hydrogen-bond donors (Lipinski definition) is 0. The van der Waals surface area contributed by atoms with Gasteiger partial charge in [-0.1, -0.05) is 70.5 Å². The van der Waals surface area contributed by atoms with Crippen molar-refractivity contribution in [1.82, 2.24) is 0 Å². The Hall–Kier alpha value is -1.30. The maximum atomic E-state index is 4.13. The molecule has 0 nitrogen and oxygen atoms in total. The second-order valence-electron chi connectivity index (χ2n) is 10.2. The Morgan fingerprint density at radius 2 is 1.83 bits per heavy atom. The Bertz CT molecular complexity index is 665. The van der Waals surface area contributed by atoms with Gasteiger partial charge >= 0.3 is 0 Å². The van der Waals surface area contributed by atoms with Gasteiger partial charge in [0.05, 0.1) is 0 Å². The Kier molecular flexibility index (Phi) is 8.64. The summed E-state index contributed by atoms with van der Waals surface area (Å²) < 4.78 is 0.